The fourth-order valence-electron chi connectivity index (χ4n) is 2.48. The molecule has 5 nitrogen and oxygen atoms in total. The van der Waals surface area contributed by atoms with Gasteiger partial charge in [0.15, 0.2) is 11.6 Å². The third-order valence-electron chi connectivity index (χ3n) is 3.42. The van der Waals surface area contributed by atoms with E-state index >= 15 is 0 Å². The van der Waals surface area contributed by atoms with Gasteiger partial charge in [0.25, 0.3) is 11.8 Å². The minimum Gasteiger partial charge on any atom is -0.294 e. The van der Waals surface area contributed by atoms with Crippen molar-refractivity contribution in [2.45, 2.75) is 13.3 Å². The molecule has 1 aromatic rings. The maximum atomic E-state index is 12.2. The minimum absolute atomic E-state index is 0.000833. The summed E-state index contributed by atoms with van der Waals surface area (Å²) in [5.74, 6) is -1.31. The zero-order chi connectivity index (χ0) is 16.4. The van der Waals surface area contributed by atoms with Gasteiger partial charge in [0, 0.05) is 13.0 Å². The quantitative estimate of drug-likeness (QED) is 0.469. The Labute approximate surface area is 131 Å². The van der Waals surface area contributed by atoms with Gasteiger partial charge in [-0.3, -0.25) is 24.1 Å². The van der Waals surface area contributed by atoms with Crippen molar-refractivity contribution in [2.24, 2.45) is 0 Å². The highest BCUT2D eigenvalue weighted by Crippen LogP contribution is 2.22. The van der Waals surface area contributed by atoms with Gasteiger partial charge in [-0.15, -0.1) is 0 Å². The SMILES string of the molecule is CC(=O)C(C(=O)CCN1C(=O)c2ccccc2C1=O)=S(C)C. The average molecular weight is 319 g/mol. The Morgan fingerprint density at radius 1 is 1.05 bits per heavy atom. The number of hydrogen-bond acceptors (Lipinski definition) is 4. The number of carbonyl (C=O) groups is 4. The van der Waals surface area contributed by atoms with Gasteiger partial charge in [0.1, 0.15) is 0 Å². The van der Waals surface area contributed by atoms with E-state index in [4.69, 9.17) is 0 Å². The highest BCUT2D eigenvalue weighted by molar-refractivity contribution is 8.16. The van der Waals surface area contributed by atoms with Crippen molar-refractivity contribution in [1.29, 1.82) is 0 Å². The summed E-state index contributed by atoms with van der Waals surface area (Å²) in [6, 6.07) is 6.58. The van der Waals surface area contributed by atoms with Crippen LogP contribution in [-0.2, 0) is 9.59 Å². The first kappa shape index (κ1) is 16.3. The fourth-order valence-corrected chi connectivity index (χ4v) is 3.61. The first-order chi connectivity index (χ1) is 10.3. The molecule has 0 unspecified atom stereocenters. The summed E-state index contributed by atoms with van der Waals surface area (Å²) in [5, 5.41) is 0. The van der Waals surface area contributed by atoms with Gasteiger partial charge in [-0.05, 0) is 31.6 Å². The van der Waals surface area contributed by atoms with Gasteiger partial charge >= 0.3 is 0 Å². The van der Waals surface area contributed by atoms with Crippen LogP contribution in [0, 0.1) is 0 Å². The van der Waals surface area contributed by atoms with Crippen LogP contribution in [0.4, 0.5) is 0 Å². The van der Waals surface area contributed by atoms with E-state index in [2.05, 4.69) is 0 Å². The van der Waals surface area contributed by atoms with Gasteiger partial charge in [0.2, 0.25) is 0 Å². The number of fused-ring (bicyclic) bond motifs is 1. The van der Waals surface area contributed by atoms with Crippen LogP contribution >= 0.6 is 10.5 Å². The summed E-state index contributed by atoms with van der Waals surface area (Å²) in [6.07, 6.45) is 3.58. The summed E-state index contributed by atoms with van der Waals surface area (Å²) in [5.41, 5.74) is 0.725. The molecule has 1 aliphatic rings. The Balaban J connectivity index is 2.13. The number of hydrogen-bond donors (Lipinski definition) is 0. The number of rotatable bonds is 5. The molecule has 0 fully saturated rings. The summed E-state index contributed by atoms with van der Waals surface area (Å²) >= 11 is 0. The highest BCUT2D eigenvalue weighted by Gasteiger charge is 2.35. The van der Waals surface area contributed by atoms with Crippen molar-refractivity contribution in [3.8, 4) is 0 Å². The molecule has 0 N–H and O–H groups in total. The molecule has 0 saturated heterocycles. The number of nitrogens with zero attached hydrogens (tertiary/aromatic N) is 1. The van der Waals surface area contributed by atoms with E-state index in [0.29, 0.717) is 11.1 Å². The van der Waals surface area contributed by atoms with Crippen molar-refractivity contribution < 1.29 is 19.2 Å². The molecule has 2 rings (SSSR count). The van der Waals surface area contributed by atoms with E-state index in [1.807, 2.05) is 0 Å². The van der Waals surface area contributed by atoms with Gasteiger partial charge in [-0.2, -0.15) is 10.5 Å². The second-order valence-electron chi connectivity index (χ2n) is 5.18. The number of benzene rings is 1. The molecule has 6 heteroatoms. The molecule has 1 aromatic carbocycles. The highest BCUT2D eigenvalue weighted by atomic mass is 32.2. The van der Waals surface area contributed by atoms with E-state index in [-0.39, 0.29) is 41.2 Å². The molecule has 0 aromatic heterocycles. The molecular formula is C16H17NO4S. The van der Waals surface area contributed by atoms with E-state index < -0.39 is 10.5 Å². The summed E-state index contributed by atoms with van der Waals surface area (Å²) < 4.78 is 0. The standard InChI is InChI=1S/C16H17NO4S/c1-10(18)14(22(2)3)13(19)8-9-17-15(20)11-6-4-5-7-12(11)16(17)21/h4-7H,8-9H2,1-3H3. The smallest absolute Gasteiger partial charge is 0.261 e. The van der Waals surface area contributed by atoms with Crippen LogP contribution in [0.5, 0.6) is 0 Å². The lowest BCUT2D eigenvalue weighted by molar-refractivity contribution is -0.115. The third-order valence-corrected chi connectivity index (χ3v) is 4.75. The maximum Gasteiger partial charge on any atom is 0.261 e. The van der Waals surface area contributed by atoms with Crippen molar-refractivity contribution in [1.82, 2.24) is 4.90 Å². The van der Waals surface area contributed by atoms with Crippen LogP contribution in [0.2, 0.25) is 0 Å². The maximum absolute atomic E-state index is 12.2. The van der Waals surface area contributed by atoms with Gasteiger partial charge in [-0.1, -0.05) is 12.1 Å². The molecule has 1 heterocycles. The van der Waals surface area contributed by atoms with Crippen LogP contribution < -0.4 is 0 Å². The lowest BCUT2D eigenvalue weighted by Crippen LogP contribution is -2.34. The second kappa shape index (κ2) is 6.36. The second-order valence-corrected chi connectivity index (χ2v) is 7.22. The molecule has 0 saturated carbocycles. The summed E-state index contributed by atoms with van der Waals surface area (Å²) in [7, 11) is -0.445. The Morgan fingerprint density at radius 3 is 1.95 bits per heavy atom. The lowest BCUT2D eigenvalue weighted by atomic mass is 10.1. The van der Waals surface area contributed by atoms with Crippen LogP contribution in [0.15, 0.2) is 24.3 Å². The lowest BCUT2D eigenvalue weighted by Gasteiger charge is -2.14. The van der Waals surface area contributed by atoms with Crippen molar-refractivity contribution in [2.75, 3.05) is 19.1 Å². The molecule has 0 bridgehead atoms. The van der Waals surface area contributed by atoms with Crippen LogP contribution in [0.25, 0.3) is 0 Å². The number of ketones is 2. The summed E-state index contributed by atoms with van der Waals surface area (Å²) in [4.78, 5) is 49.4. The van der Waals surface area contributed by atoms with Crippen LogP contribution in [0.1, 0.15) is 34.1 Å². The molecule has 22 heavy (non-hydrogen) atoms. The largest absolute Gasteiger partial charge is 0.294 e. The monoisotopic (exact) mass is 319 g/mol. The zero-order valence-electron chi connectivity index (χ0n) is 12.7. The topological polar surface area (TPSA) is 71.5 Å². The molecule has 0 radical (unpaired) electrons. The van der Waals surface area contributed by atoms with Crippen molar-refractivity contribution in [3.05, 3.63) is 35.4 Å². The molecule has 0 spiro atoms. The van der Waals surface area contributed by atoms with Crippen molar-refractivity contribution >= 4 is 38.7 Å². The fraction of sp³-hybridized carbons (Fsp3) is 0.312. The number of carbonyl (C=O) groups excluding carboxylic acids is 4. The molecule has 1 aliphatic heterocycles. The van der Waals surface area contributed by atoms with Crippen LogP contribution in [0.3, 0.4) is 0 Å². The Kier molecular flexibility index (Phi) is 4.71. The minimum atomic E-state index is -0.445. The first-order valence-electron chi connectivity index (χ1n) is 6.78. The third kappa shape index (κ3) is 2.92. The van der Waals surface area contributed by atoms with Gasteiger partial charge < -0.3 is 0 Å². The molecule has 2 amide bonds. The molecule has 0 atom stereocenters. The van der Waals surface area contributed by atoms with Gasteiger partial charge in [0.05, 0.1) is 16.0 Å². The molecule has 0 aliphatic carbocycles. The molecular weight excluding hydrogens is 302 g/mol. The predicted octanol–water partition coefficient (Wildman–Crippen LogP) is 1.53. The van der Waals surface area contributed by atoms with E-state index in [9.17, 15) is 19.2 Å². The Morgan fingerprint density at radius 2 is 1.55 bits per heavy atom. The normalized spacial score (nSPS) is 13.5. The Bertz CT molecular complexity index is 682. The number of Topliss-reactive ketones (excluding diaryl/α,β-unsaturated/α-hetero) is 2. The van der Waals surface area contributed by atoms with Crippen LogP contribution in [-0.4, -0.2) is 52.2 Å². The van der Waals surface area contributed by atoms with E-state index in [0.717, 1.165) is 4.90 Å². The number of amides is 2. The van der Waals surface area contributed by atoms with E-state index in [1.54, 1.807) is 36.8 Å². The van der Waals surface area contributed by atoms with Crippen molar-refractivity contribution in [3.63, 3.8) is 0 Å². The zero-order valence-corrected chi connectivity index (χ0v) is 13.5. The molecule has 116 valence electrons. The average Bonchev–Trinajstić information content (AvgIpc) is 2.69. The van der Waals surface area contributed by atoms with Gasteiger partial charge in [-0.25, -0.2) is 0 Å². The van der Waals surface area contributed by atoms with E-state index in [1.165, 1.54) is 6.92 Å². The number of imide groups is 1. The predicted molar refractivity (Wildman–Crippen MR) is 86.6 cm³/mol. The Hall–Kier alpha value is -2.08. The summed E-state index contributed by atoms with van der Waals surface area (Å²) in [6.45, 7) is 1.36. The first-order valence-corrected chi connectivity index (χ1v) is 8.82.